The Bertz CT molecular complexity index is 520. The summed E-state index contributed by atoms with van der Waals surface area (Å²) >= 11 is 0. The van der Waals surface area contributed by atoms with Crippen LogP contribution in [0.15, 0.2) is 30.9 Å². The second-order valence-electron chi connectivity index (χ2n) is 3.82. The molecular weight excluding hydrogens is 218 g/mol. The van der Waals surface area contributed by atoms with E-state index in [0.29, 0.717) is 12.1 Å². The maximum atomic E-state index is 11.0. The molecule has 0 aliphatic rings. The molecule has 17 heavy (non-hydrogen) atoms. The van der Waals surface area contributed by atoms with Gasteiger partial charge in [0, 0.05) is 19.4 Å². The first-order chi connectivity index (χ1) is 8.18. The summed E-state index contributed by atoms with van der Waals surface area (Å²) in [4.78, 5) is 19.2. The van der Waals surface area contributed by atoms with Crippen molar-refractivity contribution in [3.8, 4) is 0 Å². The van der Waals surface area contributed by atoms with Crippen LogP contribution < -0.4 is 0 Å². The molecule has 0 aromatic carbocycles. The van der Waals surface area contributed by atoms with E-state index >= 15 is 0 Å². The largest absolute Gasteiger partial charge is 0.477 e. The van der Waals surface area contributed by atoms with Crippen LogP contribution in [0, 0.1) is 0 Å². The molecule has 0 fully saturated rings. The lowest BCUT2D eigenvalue weighted by Gasteiger charge is -2.01. The highest BCUT2D eigenvalue weighted by molar-refractivity contribution is 5.87. The number of rotatable bonds is 4. The molecule has 2 rings (SSSR count). The third-order valence-electron chi connectivity index (χ3n) is 2.59. The molecule has 0 saturated heterocycles. The minimum Gasteiger partial charge on any atom is -0.477 e. The van der Waals surface area contributed by atoms with Crippen molar-refractivity contribution in [2.45, 2.75) is 12.8 Å². The predicted octanol–water partition coefficient (Wildman–Crippen LogP) is 1.30. The van der Waals surface area contributed by atoms with Crippen molar-refractivity contribution in [2.24, 2.45) is 7.05 Å². The molecule has 0 aliphatic heterocycles. The quantitative estimate of drug-likeness (QED) is 0.861. The van der Waals surface area contributed by atoms with Crippen LogP contribution in [0.5, 0.6) is 0 Å². The summed E-state index contributed by atoms with van der Waals surface area (Å²) in [5, 5.41) is 9.06. The Morgan fingerprint density at radius 1 is 1.47 bits per heavy atom. The molecule has 88 valence electrons. The Morgan fingerprint density at radius 3 is 2.94 bits per heavy atom. The lowest BCUT2D eigenvalue weighted by atomic mass is 10.1. The van der Waals surface area contributed by atoms with Gasteiger partial charge in [0.1, 0.15) is 5.69 Å². The van der Waals surface area contributed by atoms with Gasteiger partial charge in [-0.15, -0.1) is 0 Å². The summed E-state index contributed by atoms with van der Waals surface area (Å²) in [5.74, 6) is -0.939. The predicted molar refractivity (Wildman–Crippen MR) is 61.8 cm³/mol. The van der Waals surface area contributed by atoms with Crippen LogP contribution in [0.4, 0.5) is 0 Å². The standard InChI is InChI=1S/C12H13N3O2/c1-15-8-14-10(11(15)12(16)17)5-4-9-3-2-6-13-7-9/h2-3,6-8H,4-5H2,1H3,(H,16,17). The number of imidazole rings is 1. The summed E-state index contributed by atoms with van der Waals surface area (Å²) in [7, 11) is 1.68. The SMILES string of the molecule is Cn1cnc(CCc2cccnc2)c1C(=O)O. The molecule has 0 saturated carbocycles. The Hall–Kier alpha value is -2.17. The maximum Gasteiger partial charge on any atom is 0.354 e. The summed E-state index contributed by atoms with van der Waals surface area (Å²) in [6.07, 6.45) is 6.37. The molecule has 2 aromatic rings. The zero-order chi connectivity index (χ0) is 12.3. The van der Waals surface area contributed by atoms with Gasteiger partial charge in [-0.1, -0.05) is 6.07 Å². The summed E-state index contributed by atoms with van der Waals surface area (Å²) in [6, 6.07) is 3.84. The van der Waals surface area contributed by atoms with Gasteiger partial charge in [-0.2, -0.15) is 0 Å². The number of aromatic nitrogens is 3. The van der Waals surface area contributed by atoms with Gasteiger partial charge in [-0.25, -0.2) is 9.78 Å². The molecule has 1 N–H and O–H groups in total. The van der Waals surface area contributed by atoms with E-state index in [1.54, 1.807) is 19.4 Å². The second-order valence-corrected chi connectivity index (χ2v) is 3.82. The van der Waals surface area contributed by atoms with Crippen molar-refractivity contribution in [1.29, 1.82) is 0 Å². The third kappa shape index (κ3) is 2.50. The molecule has 0 atom stereocenters. The fourth-order valence-corrected chi connectivity index (χ4v) is 1.74. The third-order valence-corrected chi connectivity index (χ3v) is 2.59. The average molecular weight is 231 g/mol. The van der Waals surface area contributed by atoms with Gasteiger partial charge >= 0.3 is 5.97 Å². The van der Waals surface area contributed by atoms with Gasteiger partial charge < -0.3 is 9.67 Å². The van der Waals surface area contributed by atoms with Crippen molar-refractivity contribution in [1.82, 2.24) is 14.5 Å². The van der Waals surface area contributed by atoms with Crippen molar-refractivity contribution in [3.63, 3.8) is 0 Å². The highest BCUT2D eigenvalue weighted by atomic mass is 16.4. The monoisotopic (exact) mass is 231 g/mol. The number of carboxylic acids is 1. The number of carbonyl (C=O) groups is 1. The van der Waals surface area contributed by atoms with Crippen LogP contribution in [-0.2, 0) is 19.9 Å². The number of hydrogen-bond donors (Lipinski definition) is 1. The number of nitrogens with zero attached hydrogens (tertiary/aromatic N) is 3. The summed E-state index contributed by atoms with van der Waals surface area (Å²) in [5.41, 5.74) is 1.95. The number of aromatic carboxylic acids is 1. The molecule has 0 amide bonds. The first-order valence-corrected chi connectivity index (χ1v) is 5.31. The zero-order valence-electron chi connectivity index (χ0n) is 9.50. The van der Waals surface area contributed by atoms with Crippen LogP contribution in [0.2, 0.25) is 0 Å². The molecule has 0 aliphatic carbocycles. The average Bonchev–Trinajstić information content (AvgIpc) is 2.69. The fraction of sp³-hybridized carbons (Fsp3) is 0.250. The van der Waals surface area contributed by atoms with E-state index in [-0.39, 0.29) is 5.69 Å². The Kier molecular flexibility index (Phi) is 3.18. The van der Waals surface area contributed by atoms with E-state index in [4.69, 9.17) is 5.11 Å². The van der Waals surface area contributed by atoms with Gasteiger partial charge in [0.25, 0.3) is 0 Å². The van der Waals surface area contributed by atoms with E-state index in [1.165, 1.54) is 10.9 Å². The minimum atomic E-state index is -0.939. The molecule has 5 nitrogen and oxygen atoms in total. The topological polar surface area (TPSA) is 68.0 Å². The van der Waals surface area contributed by atoms with Gasteiger partial charge in [-0.05, 0) is 24.5 Å². The molecule has 5 heteroatoms. The first kappa shape index (κ1) is 11.3. The fourth-order valence-electron chi connectivity index (χ4n) is 1.74. The molecule has 0 unspecified atom stereocenters. The van der Waals surface area contributed by atoms with Crippen LogP contribution in [0.1, 0.15) is 21.7 Å². The smallest absolute Gasteiger partial charge is 0.354 e. The van der Waals surface area contributed by atoms with Crippen molar-refractivity contribution < 1.29 is 9.90 Å². The molecule has 0 radical (unpaired) electrons. The van der Waals surface area contributed by atoms with Crippen LogP contribution >= 0.6 is 0 Å². The van der Waals surface area contributed by atoms with Gasteiger partial charge in [0.2, 0.25) is 0 Å². The zero-order valence-corrected chi connectivity index (χ0v) is 9.50. The second kappa shape index (κ2) is 4.78. The number of carboxylic acid groups (broad SMARTS) is 1. The Morgan fingerprint density at radius 2 is 2.29 bits per heavy atom. The Labute approximate surface area is 98.8 Å². The molecular formula is C12H13N3O2. The molecule has 0 bridgehead atoms. The summed E-state index contributed by atoms with van der Waals surface area (Å²) in [6.45, 7) is 0. The molecule has 2 heterocycles. The van der Waals surface area contributed by atoms with Crippen molar-refractivity contribution in [3.05, 3.63) is 47.8 Å². The van der Waals surface area contributed by atoms with Crippen molar-refractivity contribution >= 4 is 5.97 Å². The molecule has 2 aromatic heterocycles. The Balaban J connectivity index is 2.12. The number of aryl methyl sites for hydroxylation is 3. The van der Waals surface area contributed by atoms with E-state index in [2.05, 4.69) is 9.97 Å². The molecule has 0 spiro atoms. The van der Waals surface area contributed by atoms with Crippen molar-refractivity contribution in [2.75, 3.05) is 0 Å². The highest BCUT2D eigenvalue weighted by Gasteiger charge is 2.15. The van der Waals surface area contributed by atoms with E-state index < -0.39 is 5.97 Å². The van der Waals surface area contributed by atoms with Crippen LogP contribution in [-0.4, -0.2) is 25.6 Å². The van der Waals surface area contributed by atoms with E-state index in [1.807, 2.05) is 12.1 Å². The number of pyridine rings is 1. The minimum absolute atomic E-state index is 0.258. The van der Waals surface area contributed by atoms with Gasteiger partial charge in [0.05, 0.1) is 12.0 Å². The lowest BCUT2D eigenvalue weighted by molar-refractivity contribution is 0.0685. The normalized spacial score (nSPS) is 10.4. The lowest BCUT2D eigenvalue weighted by Crippen LogP contribution is -2.08. The van der Waals surface area contributed by atoms with E-state index in [9.17, 15) is 4.79 Å². The van der Waals surface area contributed by atoms with E-state index in [0.717, 1.165) is 12.0 Å². The highest BCUT2D eigenvalue weighted by Crippen LogP contribution is 2.10. The van der Waals surface area contributed by atoms with Crippen LogP contribution in [0.3, 0.4) is 0 Å². The van der Waals surface area contributed by atoms with Gasteiger partial charge in [-0.3, -0.25) is 4.98 Å². The summed E-state index contributed by atoms with van der Waals surface area (Å²) < 4.78 is 1.53. The van der Waals surface area contributed by atoms with Gasteiger partial charge in [0.15, 0.2) is 0 Å². The first-order valence-electron chi connectivity index (χ1n) is 5.31. The number of hydrogen-bond acceptors (Lipinski definition) is 3. The van der Waals surface area contributed by atoms with Crippen LogP contribution in [0.25, 0.3) is 0 Å². The maximum absolute atomic E-state index is 11.0.